The van der Waals surface area contributed by atoms with Gasteiger partial charge in [0, 0.05) is 6.04 Å². The van der Waals surface area contributed by atoms with Crippen LogP contribution in [0.2, 0.25) is 0 Å². The number of aryl methyl sites for hydroxylation is 1. The summed E-state index contributed by atoms with van der Waals surface area (Å²) in [4.78, 5) is 12.1. The fraction of sp³-hybridized carbons (Fsp3) is 0.235. The molecule has 1 aliphatic rings. The van der Waals surface area contributed by atoms with Crippen LogP contribution < -0.4 is 5.32 Å². The quantitative estimate of drug-likeness (QED) is 0.902. The Bertz CT molecular complexity index is 664. The van der Waals surface area contributed by atoms with Gasteiger partial charge in [-0.3, -0.25) is 4.79 Å². The van der Waals surface area contributed by atoms with E-state index in [2.05, 4.69) is 11.4 Å². The maximum Gasteiger partial charge on any atom is 0.257 e. The molecular formula is C17H15F2NO. The zero-order valence-corrected chi connectivity index (χ0v) is 11.4. The highest BCUT2D eigenvalue weighted by Gasteiger charge is 2.23. The molecule has 0 bridgehead atoms. The summed E-state index contributed by atoms with van der Waals surface area (Å²) in [5.74, 6) is -2.34. The summed E-state index contributed by atoms with van der Waals surface area (Å²) < 4.78 is 27.2. The van der Waals surface area contributed by atoms with E-state index in [0.717, 1.165) is 25.0 Å². The molecule has 0 aliphatic heterocycles. The molecule has 2 nitrogen and oxygen atoms in total. The lowest BCUT2D eigenvalue weighted by atomic mass is 9.88. The predicted molar refractivity (Wildman–Crippen MR) is 76.1 cm³/mol. The van der Waals surface area contributed by atoms with Crippen LogP contribution in [0.1, 0.15) is 27.9 Å². The van der Waals surface area contributed by atoms with Crippen LogP contribution in [0.25, 0.3) is 0 Å². The molecule has 0 fully saturated rings. The van der Waals surface area contributed by atoms with Crippen molar-refractivity contribution in [1.82, 2.24) is 5.32 Å². The van der Waals surface area contributed by atoms with E-state index in [0.29, 0.717) is 6.42 Å². The first-order chi connectivity index (χ1) is 10.1. The number of fused-ring (bicyclic) bond motifs is 1. The van der Waals surface area contributed by atoms with Gasteiger partial charge in [-0.1, -0.05) is 30.3 Å². The molecule has 2 aromatic rings. The van der Waals surface area contributed by atoms with Crippen LogP contribution in [0.5, 0.6) is 0 Å². The van der Waals surface area contributed by atoms with E-state index in [1.165, 1.54) is 17.2 Å². The summed E-state index contributed by atoms with van der Waals surface area (Å²) in [6.07, 6.45) is 2.33. The SMILES string of the molecule is O=C(N[C@H]1CCc2ccccc2C1)c1c(F)cccc1F. The maximum atomic E-state index is 13.6. The highest BCUT2D eigenvalue weighted by Crippen LogP contribution is 2.21. The van der Waals surface area contributed by atoms with Gasteiger partial charge in [-0.15, -0.1) is 0 Å². The smallest absolute Gasteiger partial charge is 0.257 e. The van der Waals surface area contributed by atoms with Crippen LogP contribution in [0.4, 0.5) is 8.78 Å². The van der Waals surface area contributed by atoms with E-state index in [-0.39, 0.29) is 6.04 Å². The van der Waals surface area contributed by atoms with E-state index in [9.17, 15) is 13.6 Å². The monoisotopic (exact) mass is 287 g/mol. The second kappa shape index (κ2) is 5.64. The lowest BCUT2D eigenvalue weighted by molar-refractivity contribution is 0.0925. The zero-order chi connectivity index (χ0) is 14.8. The fourth-order valence-electron chi connectivity index (χ4n) is 2.79. The number of carbonyl (C=O) groups is 1. The van der Waals surface area contributed by atoms with E-state index < -0.39 is 23.1 Å². The van der Waals surface area contributed by atoms with Gasteiger partial charge in [-0.2, -0.15) is 0 Å². The molecule has 2 aromatic carbocycles. The number of halogens is 2. The second-order valence-corrected chi connectivity index (χ2v) is 5.28. The Morgan fingerprint density at radius 1 is 1.00 bits per heavy atom. The summed E-state index contributed by atoms with van der Waals surface area (Å²) >= 11 is 0. The van der Waals surface area contributed by atoms with E-state index >= 15 is 0 Å². The molecule has 0 unspecified atom stereocenters. The molecule has 0 spiro atoms. The van der Waals surface area contributed by atoms with Crippen molar-refractivity contribution in [1.29, 1.82) is 0 Å². The minimum absolute atomic E-state index is 0.0913. The number of carbonyl (C=O) groups excluding carboxylic acids is 1. The highest BCUT2D eigenvalue weighted by molar-refractivity contribution is 5.95. The molecule has 1 amide bonds. The van der Waals surface area contributed by atoms with Crippen molar-refractivity contribution in [2.24, 2.45) is 0 Å². The third-order valence-corrected chi connectivity index (χ3v) is 3.87. The Kier molecular flexibility index (Phi) is 3.69. The molecule has 1 atom stereocenters. The topological polar surface area (TPSA) is 29.1 Å². The maximum absolute atomic E-state index is 13.6. The van der Waals surface area contributed by atoms with Gasteiger partial charge < -0.3 is 5.32 Å². The molecule has 108 valence electrons. The third kappa shape index (κ3) is 2.79. The van der Waals surface area contributed by atoms with Crippen molar-refractivity contribution >= 4 is 5.91 Å². The van der Waals surface area contributed by atoms with Crippen LogP contribution in [0, 0.1) is 11.6 Å². The van der Waals surface area contributed by atoms with Crippen LogP contribution in [0.15, 0.2) is 42.5 Å². The fourth-order valence-corrected chi connectivity index (χ4v) is 2.79. The second-order valence-electron chi connectivity index (χ2n) is 5.28. The lowest BCUT2D eigenvalue weighted by Crippen LogP contribution is -2.39. The van der Waals surface area contributed by atoms with E-state index in [1.807, 2.05) is 18.2 Å². The first kappa shape index (κ1) is 13.7. The van der Waals surface area contributed by atoms with Crippen molar-refractivity contribution < 1.29 is 13.6 Å². The predicted octanol–water partition coefficient (Wildman–Crippen LogP) is 3.25. The first-order valence-electron chi connectivity index (χ1n) is 6.97. The Hall–Kier alpha value is -2.23. The molecule has 0 radical (unpaired) electrons. The normalized spacial score (nSPS) is 17.1. The summed E-state index contributed by atoms with van der Waals surface area (Å²) in [5, 5.41) is 2.74. The molecule has 0 aromatic heterocycles. The van der Waals surface area contributed by atoms with Gasteiger partial charge >= 0.3 is 0 Å². The molecular weight excluding hydrogens is 272 g/mol. The van der Waals surface area contributed by atoms with Gasteiger partial charge in [0.05, 0.1) is 0 Å². The van der Waals surface area contributed by atoms with Crippen molar-refractivity contribution in [3.63, 3.8) is 0 Å². The van der Waals surface area contributed by atoms with Gasteiger partial charge in [-0.05, 0) is 42.5 Å². The van der Waals surface area contributed by atoms with E-state index in [1.54, 1.807) is 0 Å². The van der Waals surface area contributed by atoms with Crippen molar-refractivity contribution in [3.8, 4) is 0 Å². The summed E-state index contributed by atoms with van der Waals surface area (Å²) in [7, 11) is 0. The Morgan fingerprint density at radius 3 is 2.38 bits per heavy atom. The Morgan fingerprint density at radius 2 is 1.67 bits per heavy atom. The average molecular weight is 287 g/mol. The molecule has 0 saturated heterocycles. The van der Waals surface area contributed by atoms with Crippen molar-refractivity contribution in [2.75, 3.05) is 0 Å². The Balaban J connectivity index is 1.75. The average Bonchev–Trinajstić information content (AvgIpc) is 2.47. The summed E-state index contributed by atoms with van der Waals surface area (Å²) in [6, 6.07) is 11.4. The number of amides is 1. The van der Waals surface area contributed by atoms with Gasteiger partial charge in [0.15, 0.2) is 0 Å². The van der Waals surface area contributed by atoms with Crippen molar-refractivity contribution in [2.45, 2.75) is 25.3 Å². The minimum Gasteiger partial charge on any atom is -0.349 e. The van der Waals surface area contributed by atoms with Crippen molar-refractivity contribution in [3.05, 3.63) is 70.8 Å². The van der Waals surface area contributed by atoms with Gasteiger partial charge in [0.25, 0.3) is 5.91 Å². The minimum atomic E-state index is -0.830. The standard InChI is InChI=1S/C17H15F2NO/c18-14-6-3-7-15(19)16(14)17(21)20-13-9-8-11-4-1-2-5-12(11)10-13/h1-7,13H,8-10H2,(H,20,21)/t13-/m0/s1. The zero-order valence-electron chi connectivity index (χ0n) is 11.4. The molecule has 0 saturated carbocycles. The van der Waals surface area contributed by atoms with Gasteiger partial charge in [0.2, 0.25) is 0 Å². The molecule has 0 heterocycles. The van der Waals surface area contributed by atoms with Crippen LogP contribution in [-0.4, -0.2) is 11.9 Å². The summed E-state index contributed by atoms with van der Waals surface area (Å²) in [6.45, 7) is 0. The number of rotatable bonds is 2. The molecule has 4 heteroatoms. The van der Waals surface area contributed by atoms with Gasteiger partial charge in [-0.25, -0.2) is 8.78 Å². The molecule has 1 N–H and O–H groups in total. The van der Waals surface area contributed by atoms with Gasteiger partial charge in [0.1, 0.15) is 17.2 Å². The Labute approximate surface area is 121 Å². The first-order valence-corrected chi connectivity index (χ1v) is 6.97. The van der Waals surface area contributed by atoms with Crippen LogP contribution in [-0.2, 0) is 12.8 Å². The van der Waals surface area contributed by atoms with Crippen LogP contribution in [0.3, 0.4) is 0 Å². The lowest BCUT2D eigenvalue weighted by Gasteiger charge is -2.25. The largest absolute Gasteiger partial charge is 0.349 e. The third-order valence-electron chi connectivity index (χ3n) is 3.87. The number of benzene rings is 2. The molecule has 3 rings (SSSR count). The van der Waals surface area contributed by atoms with E-state index in [4.69, 9.17) is 0 Å². The molecule has 1 aliphatic carbocycles. The van der Waals surface area contributed by atoms with Crippen LogP contribution >= 0.6 is 0 Å². The number of nitrogens with one attached hydrogen (secondary N) is 1. The highest BCUT2D eigenvalue weighted by atomic mass is 19.1. The number of hydrogen-bond donors (Lipinski definition) is 1. The summed E-state index contributed by atoms with van der Waals surface area (Å²) in [5.41, 5.74) is 1.96. The molecule has 21 heavy (non-hydrogen) atoms. The number of hydrogen-bond acceptors (Lipinski definition) is 1.